The van der Waals surface area contributed by atoms with Gasteiger partial charge in [0.1, 0.15) is 17.1 Å². The van der Waals surface area contributed by atoms with Crippen molar-refractivity contribution in [2.24, 2.45) is 0 Å². The molecule has 0 spiro atoms. The van der Waals surface area contributed by atoms with E-state index in [9.17, 15) is 9.59 Å². The summed E-state index contributed by atoms with van der Waals surface area (Å²) in [7, 11) is 1.43. The third kappa shape index (κ3) is 7.14. The predicted molar refractivity (Wildman–Crippen MR) is 130 cm³/mol. The van der Waals surface area contributed by atoms with E-state index in [1.54, 1.807) is 6.92 Å². The first-order valence-electron chi connectivity index (χ1n) is 10.3. The van der Waals surface area contributed by atoms with Crippen LogP contribution in [0.2, 0.25) is 5.02 Å². The first kappa shape index (κ1) is 26.0. The van der Waals surface area contributed by atoms with Gasteiger partial charge in [0, 0.05) is 12.5 Å². The average molecular weight is 527 g/mol. The molecule has 0 atom stereocenters. The van der Waals surface area contributed by atoms with Crippen LogP contribution in [-0.4, -0.2) is 32.2 Å². The van der Waals surface area contributed by atoms with Crippen LogP contribution in [0, 0.1) is 0 Å². The summed E-state index contributed by atoms with van der Waals surface area (Å²) >= 11 is 9.79. The summed E-state index contributed by atoms with van der Waals surface area (Å²) in [5.41, 5.74) is 1.83. The van der Waals surface area contributed by atoms with E-state index in [1.807, 2.05) is 12.1 Å². The van der Waals surface area contributed by atoms with Crippen molar-refractivity contribution in [2.75, 3.05) is 25.6 Å². The lowest BCUT2D eigenvalue weighted by molar-refractivity contribution is -0.116. The van der Waals surface area contributed by atoms with Gasteiger partial charge in [0.15, 0.2) is 0 Å². The highest BCUT2D eigenvalue weighted by Gasteiger charge is 2.18. The van der Waals surface area contributed by atoms with Gasteiger partial charge < -0.3 is 19.5 Å². The smallest absolute Gasteiger partial charge is 0.341 e. The standard InChI is InChI=1S/C24H29BrClNO5/c1-6-31-23(29)16-13-18(26)19(14-21(16)30-5)27-22(28)8-7-11-32-20-10-9-15(12-17(20)25)24(2,3)4/h9-10,12-14H,6-8,11H2,1-5H3,(H,27,28). The van der Waals surface area contributed by atoms with Crippen LogP contribution in [0.5, 0.6) is 11.5 Å². The van der Waals surface area contributed by atoms with Gasteiger partial charge in [0.05, 0.1) is 35.5 Å². The lowest BCUT2D eigenvalue weighted by Gasteiger charge is -2.20. The highest BCUT2D eigenvalue weighted by Crippen LogP contribution is 2.33. The number of rotatable bonds is 9. The summed E-state index contributed by atoms with van der Waals surface area (Å²) in [4.78, 5) is 24.4. The molecule has 0 heterocycles. The lowest BCUT2D eigenvalue weighted by atomic mass is 9.87. The molecule has 0 aromatic heterocycles. The number of carbonyl (C=O) groups is 2. The molecule has 2 rings (SSSR count). The van der Waals surface area contributed by atoms with Crippen LogP contribution in [0.4, 0.5) is 5.69 Å². The number of anilines is 1. The molecule has 0 fully saturated rings. The minimum atomic E-state index is -0.539. The SMILES string of the molecule is CCOC(=O)c1cc(Cl)c(NC(=O)CCCOc2ccc(C(C)(C)C)cc2Br)cc1OC. The molecule has 0 bridgehead atoms. The van der Waals surface area contributed by atoms with Crippen molar-refractivity contribution in [3.05, 3.63) is 51.0 Å². The van der Waals surface area contributed by atoms with E-state index in [0.717, 1.165) is 10.2 Å². The Bertz CT molecular complexity index is 972. The highest BCUT2D eigenvalue weighted by molar-refractivity contribution is 9.10. The van der Waals surface area contributed by atoms with Gasteiger partial charge >= 0.3 is 5.97 Å². The molecule has 0 aliphatic carbocycles. The van der Waals surface area contributed by atoms with E-state index >= 15 is 0 Å². The van der Waals surface area contributed by atoms with Gasteiger partial charge in [0.2, 0.25) is 5.91 Å². The number of hydrogen-bond donors (Lipinski definition) is 1. The van der Waals surface area contributed by atoms with Crippen LogP contribution in [0.15, 0.2) is 34.8 Å². The van der Waals surface area contributed by atoms with Gasteiger partial charge in [-0.25, -0.2) is 4.79 Å². The van der Waals surface area contributed by atoms with E-state index in [1.165, 1.54) is 24.8 Å². The van der Waals surface area contributed by atoms with Crippen LogP contribution in [0.25, 0.3) is 0 Å². The molecule has 0 radical (unpaired) electrons. The minimum absolute atomic E-state index is 0.0532. The number of amides is 1. The van der Waals surface area contributed by atoms with Crippen molar-refractivity contribution < 1.29 is 23.8 Å². The molecule has 6 nitrogen and oxygen atoms in total. The largest absolute Gasteiger partial charge is 0.496 e. The first-order valence-corrected chi connectivity index (χ1v) is 11.5. The number of carbonyl (C=O) groups excluding carboxylic acids is 2. The average Bonchev–Trinajstić information content (AvgIpc) is 2.72. The van der Waals surface area contributed by atoms with Crippen molar-refractivity contribution in [3.8, 4) is 11.5 Å². The third-order valence-corrected chi connectivity index (χ3v) is 5.59. The van der Waals surface area contributed by atoms with Gasteiger partial charge in [-0.05, 0) is 58.5 Å². The number of benzene rings is 2. The summed E-state index contributed by atoms with van der Waals surface area (Å²) in [5.74, 6) is 0.252. The molecule has 8 heteroatoms. The van der Waals surface area contributed by atoms with E-state index in [0.29, 0.717) is 18.7 Å². The summed E-state index contributed by atoms with van der Waals surface area (Å²) in [6.45, 7) is 8.79. The number of esters is 1. The molecule has 2 aromatic carbocycles. The fraction of sp³-hybridized carbons (Fsp3) is 0.417. The Morgan fingerprint density at radius 2 is 1.84 bits per heavy atom. The van der Waals surface area contributed by atoms with Crippen LogP contribution >= 0.6 is 27.5 Å². The number of halogens is 2. The van der Waals surface area contributed by atoms with Crippen molar-refractivity contribution in [3.63, 3.8) is 0 Å². The monoisotopic (exact) mass is 525 g/mol. The molecule has 1 amide bonds. The fourth-order valence-electron chi connectivity index (χ4n) is 2.90. The molecular formula is C24H29BrClNO5. The lowest BCUT2D eigenvalue weighted by Crippen LogP contribution is -2.14. The van der Waals surface area contributed by atoms with Crippen LogP contribution in [0.3, 0.4) is 0 Å². The van der Waals surface area contributed by atoms with Crippen LogP contribution < -0.4 is 14.8 Å². The normalized spacial score (nSPS) is 11.1. The van der Waals surface area contributed by atoms with E-state index in [-0.39, 0.29) is 40.7 Å². The molecule has 1 N–H and O–H groups in total. The number of ether oxygens (including phenoxy) is 3. The zero-order chi connectivity index (χ0) is 23.9. The van der Waals surface area contributed by atoms with E-state index in [4.69, 9.17) is 25.8 Å². The summed E-state index contributed by atoms with van der Waals surface area (Å²) < 4.78 is 16.9. The van der Waals surface area contributed by atoms with Crippen molar-refractivity contribution in [2.45, 2.75) is 46.0 Å². The summed E-state index contributed by atoms with van der Waals surface area (Å²) in [6.07, 6.45) is 0.769. The Balaban J connectivity index is 1.91. The van der Waals surface area contributed by atoms with Gasteiger partial charge in [-0.1, -0.05) is 38.4 Å². The maximum atomic E-state index is 12.4. The van der Waals surface area contributed by atoms with Crippen LogP contribution in [0.1, 0.15) is 56.5 Å². The molecule has 0 unspecified atom stereocenters. The Hall–Kier alpha value is -2.25. The minimum Gasteiger partial charge on any atom is -0.496 e. The maximum absolute atomic E-state index is 12.4. The van der Waals surface area contributed by atoms with Crippen LogP contribution in [-0.2, 0) is 14.9 Å². The molecule has 0 aliphatic heterocycles. The van der Waals surface area contributed by atoms with Gasteiger partial charge in [-0.15, -0.1) is 0 Å². The first-order chi connectivity index (χ1) is 15.1. The zero-order valence-electron chi connectivity index (χ0n) is 19.0. The second-order valence-corrected chi connectivity index (χ2v) is 9.41. The van der Waals surface area contributed by atoms with E-state index in [2.05, 4.69) is 48.1 Å². The fourth-order valence-corrected chi connectivity index (χ4v) is 3.60. The quantitative estimate of drug-likeness (QED) is 0.303. The van der Waals surface area contributed by atoms with Crippen molar-refractivity contribution in [1.29, 1.82) is 0 Å². The van der Waals surface area contributed by atoms with Crippen molar-refractivity contribution in [1.82, 2.24) is 0 Å². The Kier molecular flexibility index (Phi) is 9.40. The third-order valence-electron chi connectivity index (χ3n) is 4.66. The molecular weight excluding hydrogens is 498 g/mol. The molecule has 0 aliphatic rings. The zero-order valence-corrected chi connectivity index (χ0v) is 21.4. The second kappa shape index (κ2) is 11.6. The molecule has 32 heavy (non-hydrogen) atoms. The Morgan fingerprint density at radius 3 is 2.44 bits per heavy atom. The Labute approximate surface area is 202 Å². The maximum Gasteiger partial charge on any atom is 0.341 e. The molecule has 0 saturated heterocycles. The second-order valence-electron chi connectivity index (χ2n) is 8.15. The van der Waals surface area contributed by atoms with Gasteiger partial charge in [-0.2, -0.15) is 0 Å². The molecule has 2 aromatic rings. The highest BCUT2D eigenvalue weighted by atomic mass is 79.9. The van der Waals surface area contributed by atoms with Gasteiger partial charge in [-0.3, -0.25) is 4.79 Å². The topological polar surface area (TPSA) is 73.9 Å². The number of methoxy groups -OCH3 is 1. The molecule has 174 valence electrons. The van der Waals surface area contributed by atoms with Crippen molar-refractivity contribution >= 4 is 45.1 Å². The summed E-state index contributed by atoms with van der Waals surface area (Å²) in [5, 5.41) is 2.97. The van der Waals surface area contributed by atoms with Gasteiger partial charge in [0.25, 0.3) is 0 Å². The molecule has 0 saturated carbocycles. The number of nitrogens with one attached hydrogen (secondary N) is 1. The Morgan fingerprint density at radius 1 is 1.12 bits per heavy atom. The summed E-state index contributed by atoms with van der Waals surface area (Å²) in [6, 6.07) is 8.97. The predicted octanol–water partition coefficient (Wildman–Crippen LogP) is 6.38. The van der Waals surface area contributed by atoms with E-state index < -0.39 is 5.97 Å². The number of hydrogen-bond acceptors (Lipinski definition) is 5.